The highest BCUT2D eigenvalue weighted by atomic mass is 32.2. The maximum absolute atomic E-state index is 11.3. The number of carbonyl (C=O) groups excluding carboxylic acids is 2. The summed E-state index contributed by atoms with van der Waals surface area (Å²) in [7, 11) is 0. The lowest BCUT2D eigenvalue weighted by molar-refractivity contribution is -0.144. The summed E-state index contributed by atoms with van der Waals surface area (Å²) < 4.78 is 0. The predicted octanol–water partition coefficient (Wildman–Crippen LogP) is -0.940. The Morgan fingerprint density at radius 2 is 2.33 bits per heavy atom. The first-order chi connectivity index (χ1) is 5.79. The van der Waals surface area contributed by atoms with E-state index in [0.29, 0.717) is 0 Å². The van der Waals surface area contributed by atoms with Crippen molar-refractivity contribution >= 4 is 23.6 Å². The van der Waals surface area contributed by atoms with Gasteiger partial charge in [0, 0.05) is 18.1 Å². The number of rotatable bonds is 0. The average molecular weight is 186 g/mol. The van der Waals surface area contributed by atoms with Gasteiger partial charge < -0.3 is 10.2 Å². The summed E-state index contributed by atoms with van der Waals surface area (Å²) >= 11 is 1.73. The number of nitrogens with zero attached hydrogens (tertiary/aromatic N) is 1. The Morgan fingerprint density at radius 1 is 1.50 bits per heavy atom. The van der Waals surface area contributed by atoms with Crippen LogP contribution in [0.15, 0.2) is 0 Å². The van der Waals surface area contributed by atoms with Crippen LogP contribution < -0.4 is 5.32 Å². The molecule has 2 saturated heterocycles. The van der Waals surface area contributed by atoms with Gasteiger partial charge in [-0.25, -0.2) is 0 Å². The molecule has 0 saturated carbocycles. The van der Waals surface area contributed by atoms with Gasteiger partial charge in [0.1, 0.15) is 6.04 Å². The van der Waals surface area contributed by atoms with Gasteiger partial charge in [-0.1, -0.05) is 0 Å². The molecule has 0 aromatic carbocycles. The molecule has 0 bridgehead atoms. The lowest BCUT2D eigenvalue weighted by Gasteiger charge is -2.37. The molecular weight excluding hydrogens is 176 g/mol. The average Bonchev–Trinajstić information content (AvgIpc) is 2.12. The summed E-state index contributed by atoms with van der Waals surface area (Å²) in [5.41, 5.74) is 0. The molecular formula is C7H10N2O2S. The van der Waals surface area contributed by atoms with Gasteiger partial charge in [-0.15, -0.1) is 0 Å². The van der Waals surface area contributed by atoms with Gasteiger partial charge in [0.05, 0.1) is 6.54 Å². The Kier molecular flexibility index (Phi) is 1.96. The van der Waals surface area contributed by atoms with E-state index in [1.807, 2.05) is 0 Å². The van der Waals surface area contributed by atoms with Crippen molar-refractivity contribution in [2.75, 3.05) is 24.6 Å². The summed E-state index contributed by atoms with van der Waals surface area (Å²) in [6.45, 7) is 0.904. The molecule has 1 atom stereocenters. The van der Waals surface area contributed by atoms with Crippen LogP contribution in [0.25, 0.3) is 0 Å². The highest BCUT2D eigenvalue weighted by Crippen LogP contribution is 2.18. The van der Waals surface area contributed by atoms with E-state index in [0.717, 1.165) is 18.1 Å². The third-order valence-electron chi connectivity index (χ3n) is 2.17. The molecule has 12 heavy (non-hydrogen) atoms. The highest BCUT2D eigenvalue weighted by molar-refractivity contribution is 7.99. The van der Waals surface area contributed by atoms with Gasteiger partial charge in [0.2, 0.25) is 11.8 Å². The zero-order chi connectivity index (χ0) is 8.55. The van der Waals surface area contributed by atoms with Crippen LogP contribution in [0.4, 0.5) is 0 Å². The second-order valence-electron chi connectivity index (χ2n) is 2.90. The number of piperazine rings is 1. The Morgan fingerprint density at radius 3 is 3.08 bits per heavy atom. The molecule has 4 nitrogen and oxygen atoms in total. The van der Waals surface area contributed by atoms with Crippen molar-refractivity contribution in [2.45, 2.75) is 6.04 Å². The molecule has 0 aliphatic carbocycles. The van der Waals surface area contributed by atoms with Crippen molar-refractivity contribution in [3.63, 3.8) is 0 Å². The molecule has 2 rings (SSSR count). The molecule has 2 aliphatic rings. The maximum Gasteiger partial charge on any atom is 0.244 e. The number of hydrogen-bond acceptors (Lipinski definition) is 3. The van der Waals surface area contributed by atoms with Crippen LogP contribution in [-0.2, 0) is 9.59 Å². The second kappa shape index (κ2) is 2.97. The van der Waals surface area contributed by atoms with Crippen LogP contribution in [-0.4, -0.2) is 47.4 Å². The van der Waals surface area contributed by atoms with Crippen molar-refractivity contribution in [3.8, 4) is 0 Å². The van der Waals surface area contributed by atoms with Gasteiger partial charge in [-0.3, -0.25) is 9.59 Å². The van der Waals surface area contributed by atoms with E-state index in [9.17, 15) is 9.59 Å². The second-order valence-corrected chi connectivity index (χ2v) is 4.05. The number of amides is 2. The fraction of sp³-hybridized carbons (Fsp3) is 0.714. The Hall–Kier alpha value is -0.710. The summed E-state index contributed by atoms with van der Waals surface area (Å²) in [5.74, 6) is 1.76. The number of carbonyl (C=O) groups is 2. The number of fused-ring (bicyclic) bond motifs is 1. The molecule has 2 fully saturated rings. The van der Waals surface area contributed by atoms with Crippen LogP contribution in [0.5, 0.6) is 0 Å². The van der Waals surface area contributed by atoms with Gasteiger partial charge >= 0.3 is 0 Å². The minimum Gasteiger partial charge on any atom is -0.345 e. The molecule has 1 N–H and O–H groups in total. The topological polar surface area (TPSA) is 49.4 Å². The minimum absolute atomic E-state index is 0.00167. The molecule has 0 aromatic rings. The van der Waals surface area contributed by atoms with Crippen molar-refractivity contribution in [1.82, 2.24) is 10.2 Å². The van der Waals surface area contributed by atoms with Crippen LogP contribution in [0.1, 0.15) is 0 Å². The first-order valence-corrected chi connectivity index (χ1v) is 5.09. The normalized spacial score (nSPS) is 29.7. The Bertz CT molecular complexity index is 207. The fourth-order valence-corrected chi connectivity index (χ4v) is 2.55. The zero-order valence-electron chi connectivity index (χ0n) is 6.58. The summed E-state index contributed by atoms with van der Waals surface area (Å²) in [6.07, 6.45) is 0. The summed E-state index contributed by atoms with van der Waals surface area (Å²) in [5, 5.41) is 2.59. The number of hydrogen-bond donors (Lipinski definition) is 1. The zero-order valence-corrected chi connectivity index (χ0v) is 7.39. The van der Waals surface area contributed by atoms with Crippen molar-refractivity contribution in [3.05, 3.63) is 0 Å². The van der Waals surface area contributed by atoms with Crippen molar-refractivity contribution < 1.29 is 9.59 Å². The van der Waals surface area contributed by atoms with Gasteiger partial charge in [-0.2, -0.15) is 11.8 Å². The largest absolute Gasteiger partial charge is 0.345 e. The minimum atomic E-state index is -0.204. The van der Waals surface area contributed by atoms with E-state index in [1.54, 1.807) is 16.7 Å². The quantitative estimate of drug-likeness (QED) is 0.531. The van der Waals surface area contributed by atoms with Gasteiger partial charge in [-0.05, 0) is 0 Å². The van der Waals surface area contributed by atoms with E-state index in [1.165, 1.54) is 0 Å². The molecule has 2 aliphatic heterocycles. The van der Waals surface area contributed by atoms with Gasteiger partial charge in [0.25, 0.3) is 0 Å². The molecule has 0 spiro atoms. The molecule has 0 unspecified atom stereocenters. The van der Waals surface area contributed by atoms with Crippen LogP contribution in [0, 0.1) is 0 Å². The fourth-order valence-electron chi connectivity index (χ4n) is 1.50. The van der Waals surface area contributed by atoms with Crippen LogP contribution in [0.2, 0.25) is 0 Å². The van der Waals surface area contributed by atoms with E-state index < -0.39 is 0 Å². The van der Waals surface area contributed by atoms with E-state index >= 15 is 0 Å². The Labute approximate surface area is 74.7 Å². The summed E-state index contributed by atoms with van der Waals surface area (Å²) in [6, 6.07) is -0.204. The smallest absolute Gasteiger partial charge is 0.244 e. The van der Waals surface area contributed by atoms with Crippen molar-refractivity contribution in [1.29, 1.82) is 0 Å². The molecule has 2 heterocycles. The molecule has 0 aromatic heterocycles. The third-order valence-corrected chi connectivity index (χ3v) is 3.19. The first kappa shape index (κ1) is 7.91. The lowest BCUT2D eigenvalue weighted by Crippen LogP contribution is -2.61. The van der Waals surface area contributed by atoms with Crippen LogP contribution in [0.3, 0.4) is 0 Å². The molecule has 2 amide bonds. The molecule has 66 valence electrons. The third kappa shape index (κ3) is 1.18. The number of thioether (sulfide) groups is 1. The lowest BCUT2D eigenvalue weighted by atomic mass is 10.2. The monoisotopic (exact) mass is 186 g/mol. The van der Waals surface area contributed by atoms with E-state index in [-0.39, 0.29) is 24.4 Å². The van der Waals surface area contributed by atoms with Crippen molar-refractivity contribution in [2.24, 2.45) is 0 Å². The molecule has 5 heteroatoms. The Balaban J connectivity index is 2.16. The van der Waals surface area contributed by atoms with Crippen LogP contribution >= 0.6 is 11.8 Å². The maximum atomic E-state index is 11.3. The predicted molar refractivity (Wildman–Crippen MR) is 45.8 cm³/mol. The SMILES string of the molecule is O=C1NCC(=O)N2CCSC[C@@H]12. The first-order valence-electron chi connectivity index (χ1n) is 3.94. The standard InChI is InChI=1S/C7H10N2O2S/c10-6-3-8-7(11)5-4-12-2-1-9(5)6/h5H,1-4H2,(H,8,11)/t5-/m0/s1. The summed E-state index contributed by atoms with van der Waals surface area (Å²) in [4.78, 5) is 24.2. The van der Waals surface area contributed by atoms with Gasteiger partial charge in [0.15, 0.2) is 0 Å². The van der Waals surface area contributed by atoms with E-state index in [2.05, 4.69) is 5.32 Å². The number of nitrogens with one attached hydrogen (secondary N) is 1. The highest BCUT2D eigenvalue weighted by Gasteiger charge is 2.35. The molecule has 0 radical (unpaired) electrons. The van der Waals surface area contributed by atoms with E-state index in [4.69, 9.17) is 0 Å².